The monoisotopic (exact) mass is 374 g/mol. The molecule has 0 spiro atoms. The van der Waals surface area contributed by atoms with Crippen LogP contribution >= 0.6 is 15.9 Å². The molecule has 3 nitrogen and oxygen atoms in total. The Morgan fingerprint density at radius 3 is 2.05 bits per heavy atom. The lowest BCUT2D eigenvalue weighted by atomic mass is 10.1. The first-order chi connectivity index (χ1) is 10.3. The third-order valence-corrected chi connectivity index (χ3v) is 3.36. The maximum atomic E-state index is 12.5. The van der Waals surface area contributed by atoms with Crippen LogP contribution in [-0.4, -0.2) is 11.1 Å². The van der Waals surface area contributed by atoms with Crippen molar-refractivity contribution in [2.75, 3.05) is 0 Å². The van der Waals surface area contributed by atoms with Crippen LogP contribution in [0.5, 0.6) is 5.75 Å². The van der Waals surface area contributed by atoms with Crippen LogP contribution in [-0.2, 0) is 11.0 Å². The molecule has 0 unspecified atom stereocenters. The fourth-order valence-electron chi connectivity index (χ4n) is 1.76. The highest BCUT2D eigenvalue weighted by Gasteiger charge is 2.31. The normalized spacial score (nSPS) is 12.7. The fraction of sp³-hybridized carbons (Fsp3) is 0.133. The third-order valence-electron chi connectivity index (χ3n) is 2.83. The standard InChI is InChI=1S/C15H10BrF3O3/c16-11-5-7-12(8-6-11)22-13(14(20)21)9-1-3-10(4-2-9)15(17,18)19/h1-8,13H,(H,20,21)/t13-/m1/s1. The number of aliphatic carboxylic acids is 1. The van der Waals surface area contributed by atoms with E-state index in [0.29, 0.717) is 5.75 Å². The number of ether oxygens (including phenoxy) is 1. The Bertz CT molecular complexity index is 651. The van der Waals surface area contributed by atoms with Crippen molar-refractivity contribution in [1.29, 1.82) is 0 Å². The van der Waals surface area contributed by atoms with Crippen molar-refractivity contribution in [1.82, 2.24) is 0 Å². The number of carboxylic acid groups (broad SMARTS) is 1. The topological polar surface area (TPSA) is 46.5 Å². The summed E-state index contributed by atoms with van der Waals surface area (Å²) >= 11 is 3.23. The maximum absolute atomic E-state index is 12.5. The molecule has 1 atom stereocenters. The first-order valence-corrected chi connectivity index (χ1v) is 6.89. The zero-order valence-electron chi connectivity index (χ0n) is 11.0. The van der Waals surface area contributed by atoms with Gasteiger partial charge >= 0.3 is 12.1 Å². The Balaban J connectivity index is 2.24. The van der Waals surface area contributed by atoms with Crippen LogP contribution in [0.4, 0.5) is 13.2 Å². The highest BCUT2D eigenvalue weighted by molar-refractivity contribution is 9.10. The molecule has 0 aliphatic rings. The molecule has 2 aromatic carbocycles. The SMILES string of the molecule is O=C(O)[C@H](Oc1ccc(Br)cc1)c1ccc(C(F)(F)F)cc1. The largest absolute Gasteiger partial charge is 0.478 e. The van der Waals surface area contributed by atoms with Gasteiger partial charge in [-0.3, -0.25) is 0 Å². The van der Waals surface area contributed by atoms with E-state index in [1.807, 2.05) is 0 Å². The summed E-state index contributed by atoms with van der Waals surface area (Å²) in [6, 6.07) is 10.3. The van der Waals surface area contributed by atoms with E-state index < -0.39 is 23.8 Å². The molecule has 0 amide bonds. The summed E-state index contributed by atoms with van der Waals surface area (Å²) in [6.07, 6.45) is -5.85. The van der Waals surface area contributed by atoms with Crippen molar-refractivity contribution in [3.8, 4) is 5.75 Å². The lowest BCUT2D eigenvalue weighted by Crippen LogP contribution is -2.18. The van der Waals surface area contributed by atoms with Crippen molar-refractivity contribution < 1.29 is 27.8 Å². The van der Waals surface area contributed by atoms with Gasteiger partial charge in [0.1, 0.15) is 5.75 Å². The molecule has 0 bridgehead atoms. The highest BCUT2D eigenvalue weighted by atomic mass is 79.9. The summed E-state index contributed by atoms with van der Waals surface area (Å²) in [5, 5.41) is 9.22. The van der Waals surface area contributed by atoms with Crippen molar-refractivity contribution in [2.45, 2.75) is 12.3 Å². The van der Waals surface area contributed by atoms with E-state index in [2.05, 4.69) is 15.9 Å². The molecule has 1 N–H and O–H groups in total. The summed E-state index contributed by atoms with van der Waals surface area (Å²) in [6.45, 7) is 0. The van der Waals surface area contributed by atoms with Crippen LogP contribution < -0.4 is 4.74 Å². The molecular formula is C15H10BrF3O3. The molecule has 7 heteroatoms. The second kappa shape index (κ2) is 6.39. The minimum atomic E-state index is -4.47. The number of benzene rings is 2. The van der Waals surface area contributed by atoms with Crippen molar-refractivity contribution in [3.05, 3.63) is 64.1 Å². The summed E-state index contributed by atoms with van der Waals surface area (Å²) in [7, 11) is 0. The molecule has 2 aromatic rings. The Kier molecular flexibility index (Phi) is 4.75. The number of rotatable bonds is 4. The van der Waals surface area contributed by atoms with Crippen LogP contribution in [0.2, 0.25) is 0 Å². The van der Waals surface area contributed by atoms with Gasteiger partial charge < -0.3 is 9.84 Å². The van der Waals surface area contributed by atoms with E-state index in [1.54, 1.807) is 24.3 Å². The maximum Gasteiger partial charge on any atom is 0.416 e. The summed E-state index contributed by atoms with van der Waals surface area (Å²) in [4.78, 5) is 11.3. The smallest absolute Gasteiger partial charge is 0.416 e. The van der Waals surface area contributed by atoms with Crippen LogP contribution in [0.1, 0.15) is 17.2 Å². The molecule has 22 heavy (non-hydrogen) atoms. The highest BCUT2D eigenvalue weighted by Crippen LogP contribution is 2.31. The van der Waals surface area contributed by atoms with Crippen molar-refractivity contribution in [3.63, 3.8) is 0 Å². The van der Waals surface area contributed by atoms with Gasteiger partial charge in [-0.1, -0.05) is 28.1 Å². The minimum Gasteiger partial charge on any atom is -0.478 e. The predicted octanol–water partition coefficient (Wildman–Crippen LogP) is 4.67. The van der Waals surface area contributed by atoms with Crippen molar-refractivity contribution in [2.24, 2.45) is 0 Å². The fourth-order valence-corrected chi connectivity index (χ4v) is 2.02. The lowest BCUT2D eigenvalue weighted by Gasteiger charge is -2.16. The third kappa shape index (κ3) is 4.00. The molecule has 0 radical (unpaired) electrons. The van der Waals surface area contributed by atoms with Crippen LogP contribution in [0.15, 0.2) is 53.0 Å². The van der Waals surface area contributed by atoms with Gasteiger partial charge in [0.15, 0.2) is 0 Å². The molecule has 0 fully saturated rings. The lowest BCUT2D eigenvalue weighted by molar-refractivity contribution is -0.145. The van der Waals surface area contributed by atoms with Gasteiger partial charge in [-0.25, -0.2) is 4.79 Å². The second-order valence-electron chi connectivity index (χ2n) is 4.41. The molecule has 0 aromatic heterocycles. The minimum absolute atomic E-state index is 0.128. The first-order valence-electron chi connectivity index (χ1n) is 6.09. The number of carboxylic acids is 1. The Morgan fingerprint density at radius 1 is 1.05 bits per heavy atom. The number of hydrogen-bond acceptors (Lipinski definition) is 2. The molecule has 0 aliphatic carbocycles. The average Bonchev–Trinajstić information content (AvgIpc) is 2.45. The molecule has 0 heterocycles. The van der Waals surface area contributed by atoms with E-state index in [-0.39, 0.29) is 5.56 Å². The second-order valence-corrected chi connectivity index (χ2v) is 5.33. The van der Waals surface area contributed by atoms with E-state index >= 15 is 0 Å². The number of carbonyl (C=O) groups is 1. The van der Waals surface area contributed by atoms with Gasteiger partial charge in [0.2, 0.25) is 6.10 Å². The van der Waals surface area contributed by atoms with Gasteiger partial charge in [-0.05, 0) is 36.4 Å². The summed E-state index contributed by atoms with van der Waals surface area (Å²) in [5.41, 5.74) is -0.715. The van der Waals surface area contributed by atoms with Crippen molar-refractivity contribution >= 4 is 21.9 Å². The number of hydrogen-bond donors (Lipinski definition) is 1. The van der Waals surface area contributed by atoms with Gasteiger partial charge in [0, 0.05) is 10.0 Å². The first kappa shape index (κ1) is 16.4. The van der Waals surface area contributed by atoms with Gasteiger partial charge in [-0.2, -0.15) is 13.2 Å². The summed E-state index contributed by atoms with van der Waals surface area (Å²) in [5.74, 6) is -0.988. The molecule has 0 saturated carbocycles. The Hall–Kier alpha value is -2.02. The van der Waals surface area contributed by atoms with E-state index in [1.165, 1.54) is 0 Å². The van der Waals surface area contributed by atoms with Crippen LogP contribution in [0, 0.1) is 0 Å². The predicted molar refractivity (Wildman–Crippen MR) is 76.6 cm³/mol. The van der Waals surface area contributed by atoms with Gasteiger partial charge in [0.25, 0.3) is 0 Å². The summed E-state index contributed by atoms with van der Waals surface area (Å²) < 4.78 is 43.7. The van der Waals surface area contributed by atoms with E-state index in [9.17, 15) is 23.1 Å². The molecule has 116 valence electrons. The molecule has 0 aliphatic heterocycles. The Labute approximate surface area is 132 Å². The zero-order valence-corrected chi connectivity index (χ0v) is 12.6. The average molecular weight is 375 g/mol. The zero-order chi connectivity index (χ0) is 16.3. The molecular weight excluding hydrogens is 365 g/mol. The van der Waals surface area contributed by atoms with E-state index in [4.69, 9.17) is 4.74 Å². The van der Waals surface area contributed by atoms with Crippen LogP contribution in [0.25, 0.3) is 0 Å². The quantitative estimate of drug-likeness (QED) is 0.845. The number of alkyl halides is 3. The molecule has 0 saturated heterocycles. The van der Waals surface area contributed by atoms with Gasteiger partial charge in [0.05, 0.1) is 5.56 Å². The number of halogens is 4. The molecule has 2 rings (SSSR count). The van der Waals surface area contributed by atoms with Gasteiger partial charge in [-0.15, -0.1) is 0 Å². The van der Waals surface area contributed by atoms with Crippen LogP contribution in [0.3, 0.4) is 0 Å². The van der Waals surface area contributed by atoms with E-state index in [0.717, 1.165) is 28.7 Å². The Morgan fingerprint density at radius 2 is 1.59 bits per heavy atom.